The minimum atomic E-state index is -1.06. The summed E-state index contributed by atoms with van der Waals surface area (Å²) in [4.78, 5) is 41.7. The van der Waals surface area contributed by atoms with Gasteiger partial charge in [0.05, 0.1) is 17.4 Å². The van der Waals surface area contributed by atoms with E-state index in [-0.39, 0.29) is 18.3 Å². The first-order chi connectivity index (χ1) is 21.3. The van der Waals surface area contributed by atoms with Gasteiger partial charge in [0, 0.05) is 10.4 Å². The SMILES string of the molecule is O=C1[C@@H]2N=NN(CC(=O)N3N=C4/C(=C/c5ccc(F)cc5)CCC[C@H]4[C@H]3c3ccc(F)cc3)[C@H]2C(=O)N1c1cccc(Br)c1. The van der Waals surface area contributed by atoms with Crippen LogP contribution in [0.1, 0.15) is 36.4 Å². The minimum Gasteiger partial charge on any atom is -0.271 e. The van der Waals surface area contributed by atoms with Crippen LogP contribution in [0.15, 0.2) is 98.3 Å². The van der Waals surface area contributed by atoms with Crippen molar-refractivity contribution in [2.45, 2.75) is 37.4 Å². The van der Waals surface area contributed by atoms with E-state index in [2.05, 4.69) is 26.3 Å². The van der Waals surface area contributed by atoms with E-state index in [0.717, 1.165) is 46.6 Å². The molecule has 3 aromatic carbocycles. The number of halogens is 3. The first-order valence-electron chi connectivity index (χ1n) is 14.2. The molecule has 3 aliphatic heterocycles. The summed E-state index contributed by atoms with van der Waals surface area (Å²) in [5, 5.41) is 15.6. The summed E-state index contributed by atoms with van der Waals surface area (Å²) in [5.41, 5.74) is 3.63. The summed E-state index contributed by atoms with van der Waals surface area (Å²) in [6.45, 7) is -0.339. The molecule has 1 saturated heterocycles. The zero-order valence-electron chi connectivity index (χ0n) is 23.2. The average Bonchev–Trinajstić information content (AvgIpc) is 3.68. The zero-order chi connectivity index (χ0) is 30.5. The van der Waals surface area contributed by atoms with Crippen molar-refractivity contribution in [1.82, 2.24) is 10.0 Å². The van der Waals surface area contributed by atoms with Gasteiger partial charge in [-0.25, -0.2) is 18.7 Å². The maximum absolute atomic E-state index is 14.0. The fourth-order valence-corrected chi connectivity index (χ4v) is 6.78. The van der Waals surface area contributed by atoms with Crippen LogP contribution >= 0.6 is 15.9 Å². The van der Waals surface area contributed by atoms with E-state index in [1.54, 1.807) is 48.5 Å². The standard InChI is InChI=1S/C32H25BrF2N6O3/c33-21-4-2-5-24(16-21)40-31(43)28-30(32(40)44)39(38-36-28)17-26(42)41-29(19-9-13-23(35)14-10-19)25-6-1-3-20(27(25)37-41)15-18-7-11-22(34)12-8-18/h2,4-5,7-16,25,28-30H,1,3,6,17H2/b20-15+/t25-,28-,29-,30-/m1/s1. The molecule has 0 bridgehead atoms. The Hall–Kier alpha value is -4.58. The molecule has 44 heavy (non-hydrogen) atoms. The lowest BCUT2D eigenvalue weighted by Crippen LogP contribution is -2.45. The van der Waals surface area contributed by atoms with Crippen LogP contribution in [0.4, 0.5) is 14.5 Å². The zero-order valence-corrected chi connectivity index (χ0v) is 24.8. The van der Waals surface area contributed by atoms with Crippen molar-refractivity contribution in [3.63, 3.8) is 0 Å². The van der Waals surface area contributed by atoms with E-state index in [1.807, 2.05) is 6.08 Å². The number of hydrogen-bond acceptors (Lipinski definition) is 7. The van der Waals surface area contributed by atoms with Crippen molar-refractivity contribution in [3.05, 3.63) is 106 Å². The van der Waals surface area contributed by atoms with Gasteiger partial charge in [0.15, 0.2) is 12.1 Å². The number of benzene rings is 3. The number of hydrogen-bond donors (Lipinski definition) is 0. The third kappa shape index (κ3) is 4.92. The Morgan fingerprint density at radius 1 is 0.955 bits per heavy atom. The topological polar surface area (TPSA) is 98.0 Å². The highest BCUT2D eigenvalue weighted by atomic mass is 79.9. The maximum atomic E-state index is 14.0. The second-order valence-electron chi connectivity index (χ2n) is 11.1. The molecule has 0 N–H and O–H groups in total. The number of hydrazone groups is 1. The van der Waals surface area contributed by atoms with Crippen LogP contribution in [0.3, 0.4) is 0 Å². The number of amides is 3. The molecule has 3 amide bonds. The van der Waals surface area contributed by atoms with Crippen molar-refractivity contribution in [2.75, 3.05) is 11.4 Å². The average molecular weight is 659 g/mol. The summed E-state index contributed by atoms with van der Waals surface area (Å²) in [7, 11) is 0. The highest BCUT2D eigenvalue weighted by Gasteiger charge is 2.55. The van der Waals surface area contributed by atoms with Gasteiger partial charge in [0.1, 0.15) is 18.2 Å². The van der Waals surface area contributed by atoms with Gasteiger partial charge in [-0.05, 0) is 84.5 Å². The molecule has 3 aromatic rings. The highest BCUT2D eigenvalue weighted by Crippen LogP contribution is 2.45. The molecular weight excluding hydrogens is 634 g/mol. The van der Waals surface area contributed by atoms with Crippen molar-refractivity contribution in [2.24, 2.45) is 21.4 Å². The van der Waals surface area contributed by atoms with Crippen LogP contribution in [0, 0.1) is 17.6 Å². The van der Waals surface area contributed by atoms with Gasteiger partial charge in [-0.3, -0.25) is 19.4 Å². The Balaban J connectivity index is 1.19. The number of nitrogens with zero attached hydrogens (tertiary/aromatic N) is 6. The van der Waals surface area contributed by atoms with Gasteiger partial charge in [-0.1, -0.05) is 51.5 Å². The number of fused-ring (bicyclic) bond motifs is 2. The monoisotopic (exact) mass is 658 g/mol. The summed E-state index contributed by atoms with van der Waals surface area (Å²) < 4.78 is 28.1. The van der Waals surface area contributed by atoms with Crippen molar-refractivity contribution >= 4 is 51.1 Å². The van der Waals surface area contributed by atoms with Crippen LogP contribution in [0.25, 0.3) is 6.08 Å². The van der Waals surface area contributed by atoms with E-state index >= 15 is 0 Å². The van der Waals surface area contributed by atoms with E-state index < -0.39 is 41.7 Å². The molecule has 1 aliphatic carbocycles. The largest absolute Gasteiger partial charge is 0.271 e. The van der Waals surface area contributed by atoms with Gasteiger partial charge in [0.2, 0.25) is 0 Å². The molecule has 222 valence electrons. The van der Waals surface area contributed by atoms with E-state index in [4.69, 9.17) is 5.10 Å². The Bertz CT molecular complexity index is 1760. The molecule has 9 nitrogen and oxygen atoms in total. The van der Waals surface area contributed by atoms with Crippen molar-refractivity contribution in [1.29, 1.82) is 0 Å². The number of anilines is 1. The fourth-order valence-electron chi connectivity index (χ4n) is 6.40. The van der Waals surface area contributed by atoms with Crippen LogP contribution in [0.2, 0.25) is 0 Å². The Morgan fingerprint density at radius 2 is 1.68 bits per heavy atom. The lowest BCUT2D eigenvalue weighted by atomic mass is 9.77. The van der Waals surface area contributed by atoms with Gasteiger partial charge in [-0.15, -0.1) is 0 Å². The molecule has 0 spiro atoms. The van der Waals surface area contributed by atoms with Crippen molar-refractivity contribution < 1.29 is 23.2 Å². The summed E-state index contributed by atoms with van der Waals surface area (Å²) >= 11 is 3.37. The van der Waals surface area contributed by atoms with E-state index in [0.29, 0.717) is 10.2 Å². The Morgan fingerprint density at radius 3 is 2.41 bits per heavy atom. The lowest BCUT2D eigenvalue weighted by molar-refractivity contribution is -0.136. The predicted molar refractivity (Wildman–Crippen MR) is 161 cm³/mol. The molecule has 4 atom stereocenters. The molecule has 1 saturated carbocycles. The first kappa shape index (κ1) is 28.2. The molecule has 0 radical (unpaired) electrons. The maximum Gasteiger partial charge on any atom is 0.264 e. The van der Waals surface area contributed by atoms with E-state index in [9.17, 15) is 23.2 Å². The normalized spacial score (nSPS) is 25.1. The summed E-state index contributed by atoms with van der Waals surface area (Å²) in [6.07, 6.45) is 4.30. The second-order valence-corrected chi connectivity index (χ2v) is 12.0. The van der Waals surface area contributed by atoms with Crippen LogP contribution in [-0.4, -0.2) is 52.1 Å². The van der Waals surface area contributed by atoms with E-state index in [1.165, 1.54) is 34.3 Å². The summed E-state index contributed by atoms with van der Waals surface area (Å²) in [6, 6.07) is 16.4. The molecular formula is C32H25BrF2N6O3. The first-order valence-corrected chi connectivity index (χ1v) is 15.0. The fraction of sp³-hybridized carbons (Fsp3) is 0.250. The second kappa shape index (κ2) is 11.2. The van der Waals surface area contributed by atoms with Crippen LogP contribution in [0.5, 0.6) is 0 Å². The molecule has 2 fully saturated rings. The number of rotatable bonds is 5. The Kier molecular flexibility index (Phi) is 7.16. The van der Waals surface area contributed by atoms with Crippen LogP contribution < -0.4 is 4.90 Å². The molecule has 7 rings (SSSR count). The van der Waals surface area contributed by atoms with Gasteiger partial charge in [0.25, 0.3) is 17.7 Å². The lowest BCUT2D eigenvalue weighted by Gasteiger charge is -2.30. The third-order valence-corrected chi connectivity index (χ3v) is 8.89. The number of carbonyl (C=O) groups is 3. The number of allylic oxidation sites excluding steroid dienone is 1. The number of carbonyl (C=O) groups excluding carboxylic acids is 3. The minimum absolute atomic E-state index is 0.153. The predicted octanol–water partition coefficient (Wildman–Crippen LogP) is 5.84. The molecule has 3 heterocycles. The highest BCUT2D eigenvalue weighted by molar-refractivity contribution is 9.10. The molecule has 4 aliphatic rings. The van der Waals surface area contributed by atoms with Crippen LogP contribution in [-0.2, 0) is 14.4 Å². The smallest absolute Gasteiger partial charge is 0.264 e. The number of imide groups is 1. The third-order valence-electron chi connectivity index (χ3n) is 8.40. The van der Waals surface area contributed by atoms with Gasteiger partial charge < -0.3 is 0 Å². The van der Waals surface area contributed by atoms with Gasteiger partial charge >= 0.3 is 0 Å². The summed E-state index contributed by atoms with van der Waals surface area (Å²) in [5.74, 6) is -2.35. The van der Waals surface area contributed by atoms with Gasteiger partial charge in [-0.2, -0.15) is 10.2 Å². The molecule has 0 aromatic heterocycles. The molecule has 0 unspecified atom stereocenters. The molecule has 12 heteroatoms. The van der Waals surface area contributed by atoms with Crippen molar-refractivity contribution in [3.8, 4) is 0 Å². The quantitative estimate of drug-likeness (QED) is 0.322. The Labute approximate surface area is 259 Å².